The van der Waals surface area contributed by atoms with Gasteiger partial charge in [-0.25, -0.2) is 0 Å². The fourth-order valence-electron chi connectivity index (χ4n) is 4.92. The minimum absolute atomic E-state index is 0.0114. The molecule has 4 heterocycles. The van der Waals surface area contributed by atoms with Gasteiger partial charge in [0.25, 0.3) is 0 Å². The van der Waals surface area contributed by atoms with Crippen molar-refractivity contribution in [2.24, 2.45) is 4.99 Å². The van der Waals surface area contributed by atoms with Gasteiger partial charge in [-0.05, 0) is 56.2 Å². The summed E-state index contributed by atoms with van der Waals surface area (Å²) in [5.74, 6) is 1.97. The van der Waals surface area contributed by atoms with E-state index in [9.17, 15) is 0 Å². The lowest BCUT2D eigenvalue weighted by atomic mass is 9.95. The normalized spacial score (nSPS) is 22.5. The molecule has 0 amide bonds. The molecule has 3 aromatic rings. The Bertz CT molecular complexity index is 1120. The van der Waals surface area contributed by atoms with E-state index < -0.39 is 0 Å². The number of aromatic nitrogens is 2. The average Bonchev–Trinajstić information content (AvgIpc) is 3.45. The summed E-state index contributed by atoms with van der Waals surface area (Å²) in [5, 5.41) is 1.17. The first-order chi connectivity index (χ1) is 15.1. The Balaban J connectivity index is 1.63. The molecule has 1 fully saturated rings. The van der Waals surface area contributed by atoms with Crippen molar-refractivity contribution in [3.8, 4) is 11.4 Å². The lowest BCUT2D eigenvalue weighted by molar-refractivity contribution is 0.254. The Labute approximate surface area is 188 Å². The van der Waals surface area contributed by atoms with Crippen molar-refractivity contribution in [2.45, 2.75) is 45.3 Å². The maximum absolute atomic E-state index is 5.47. The van der Waals surface area contributed by atoms with E-state index in [2.05, 4.69) is 65.6 Å². The summed E-state index contributed by atoms with van der Waals surface area (Å²) in [5.41, 5.74) is 5.96. The molecule has 0 saturated carbocycles. The predicted octanol–water partition coefficient (Wildman–Crippen LogP) is 5.48. The third kappa shape index (κ3) is 3.33. The van der Waals surface area contributed by atoms with Gasteiger partial charge in [-0.2, -0.15) is 0 Å². The summed E-state index contributed by atoms with van der Waals surface area (Å²) in [6.45, 7) is 6.68. The molecular weight excluding hydrogens is 404 g/mol. The van der Waals surface area contributed by atoms with E-state index in [0.717, 1.165) is 29.3 Å². The van der Waals surface area contributed by atoms with Gasteiger partial charge in [0, 0.05) is 41.1 Å². The van der Waals surface area contributed by atoms with Crippen molar-refractivity contribution in [3.05, 3.63) is 77.4 Å². The van der Waals surface area contributed by atoms with Crippen molar-refractivity contribution in [2.75, 3.05) is 12.9 Å². The summed E-state index contributed by atoms with van der Waals surface area (Å²) < 4.78 is 7.80. The highest BCUT2D eigenvalue weighted by molar-refractivity contribution is 8.14. The number of thioether (sulfide) groups is 1. The highest BCUT2D eigenvalue weighted by Crippen LogP contribution is 2.49. The minimum atomic E-state index is 0.0114. The molecule has 31 heavy (non-hydrogen) atoms. The average molecular weight is 433 g/mol. The number of amidine groups is 1. The molecule has 6 heteroatoms. The van der Waals surface area contributed by atoms with Crippen molar-refractivity contribution < 1.29 is 4.74 Å². The monoisotopic (exact) mass is 432 g/mol. The molecule has 0 bridgehead atoms. The third-order valence-corrected chi connectivity index (χ3v) is 7.56. The van der Waals surface area contributed by atoms with E-state index in [0.29, 0.717) is 6.04 Å². The standard InChI is InChI=1S/C25H28N4OS/c1-5-18-15-31-25-27-23(22-11-6-7-12-26-22)24(29(18)25)21-13-16(2)28(17(21)3)19-9-8-10-20(14-19)30-4/h6-14,18,23-24H,5,15H2,1-4H3/t18-,23+,24-/m1/s1. The lowest BCUT2D eigenvalue weighted by Gasteiger charge is -2.32. The van der Waals surface area contributed by atoms with Gasteiger partial charge in [-0.15, -0.1) is 0 Å². The van der Waals surface area contributed by atoms with Crippen LogP contribution < -0.4 is 4.74 Å². The van der Waals surface area contributed by atoms with Gasteiger partial charge < -0.3 is 14.2 Å². The molecule has 0 spiro atoms. The first-order valence-electron chi connectivity index (χ1n) is 10.9. The number of ether oxygens (including phenoxy) is 1. The molecule has 0 radical (unpaired) electrons. The Morgan fingerprint density at radius 1 is 1.13 bits per heavy atom. The molecule has 160 valence electrons. The number of fused-ring (bicyclic) bond motifs is 1. The number of rotatable bonds is 5. The maximum atomic E-state index is 5.47. The first kappa shape index (κ1) is 20.2. The van der Waals surface area contributed by atoms with Crippen molar-refractivity contribution in [3.63, 3.8) is 0 Å². The number of nitrogens with zero attached hydrogens (tertiary/aromatic N) is 4. The number of hydrogen-bond donors (Lipinski definition) is 0. The second-order valence-corrected chi connectivity index (χ2v) is 9.19. The van der Waals surface area contributed by atoms with Gasteiger partial charge in [0.05, 0.1) is 18.8 Å². The molecule has 2 aliphatic heterocycles. The van der Waals surface area contributed by atoms with E-state index in [1.165, 1.54) is 22.1 Å². The highest BCUT2D eigenvalue weighted by atomic mass is 32.2. The molecule has 5 rings (SSSR count). The molecule has 2 aromatic heterocycles. The van der Waals surface area contributed by atoms with E-state index in [4.69, 9.17) is 9.73 Å². The molecule has 0 N–H and O–H groups in total. The number of hydrogen-bond acceptors (Lipinski definition) is 5. The van der Waals surface area contributed by atoms with Crippen LogP contribution >= 0.6 is 11.8 Å². The number of benzene rings is 1. The molecule has 1 saturated heterocycles. The zero-order chi connectivity index (χ0) is 21.5. The second kappa shape index (κ2) is 8.08. The summed E-state index contributed by atoms with van der Waals surface area (Å²) in [6.07, 6.45) is 2.99. The maximum Gasteiger partial charge on any atom is 0.160 e. The van der Waals surface area contributed by atoms with Crippen LogP contribution in [0.3, 0.4) is 0 Å². The molecule has 0 unspecified atom stereocenters. The first-order valence-corrected chi connectivity index (χ1v) is 11.8. The van der Waals surface area contributed by atoms with Crippen LogP contribution in [0.15, 0.2) is 59.7 Å². The van der Waals surface area contributed by atoms with Crippen molar-refractivity contribution >= 4 is 16.9 Å². The third-order valence-electron chi connectivity index (χ3n) is 6.43. The highest BCUT2D eigenvalue weighted by Gasteiger charge is 2.46. The van der Waals surface area contributed by atoms with Gasteiger partial charge in [-0.1, -0.05) is 30.8 Å². The summed E-state index contributed by atoms with van der Waals surface area (Å²) in [7, 11) is 1.71. The van der Waals surface area contributed by atoms with Crippen molar-refractivity contribution in [1.29, 1.82) is 0 Å². The quantitative estimate of drug-likeness (QED) is 0.536. The van der Waals surface area contributed by atoms with Gasteiger partial charge in [-0.3, -0.25) is 9.98 Å². The van der Waals surface area contributed by atoms with E-state index in [1.807, 2.05) is 36.2 Å². The Kier molecular flexibility index (Phi) is 5.26. The number of pyridine rings is 1. The van der Waals surface area contributed by atoms with E-state index in [1.54, 1.807) is 7.11 Å². The molecule has 0 aliphatic carbocycles. The Morgan fingerprint density at radius 3 is 2.74 bits per heavy atom. The molecule has 3 atom stereocenters. The molecule has 5 nitrogen and oxygen atoms in total. The van der Waals surface area contributed by atoms with Gasteiger partial charge in [0.1, 0.15) is 11.8 Å². The van der Waals surface area contributed by atoms with Gasteiger partial charge in [0.2, 0.25) is 0 Å². The topological polar surface area (TPSA) is 42.6 Å². The van der Waals surface area contributed by atoms with Crippen LogP contribution in [0, 0.1) is 13.8 Å². The Hall–Kier alpha value is -2.73. The van der Waals surface area contributed by atoms with Crippen LogP contribution in [0.25, 0.3) is 5.69 Å². The van der Waals surface area contributed by atoms with Crippen LogP contribution in [0.2, 0.25) is 0 Å². The van der Waals surface area contributed by atoms with E-state index in [-0.39, 0.29) is 12.1 Å². The fraction of sp³-hybridized carbons (Fsp3) is 0.360. The lowest BCUT2D eigenvalue weighted by Crippen LogP contribution is -2.35. The molecule has 2 aliphatic rings. The number of aryl methyl sites for hydroxylation is 1. The van der Waals surface area contributed by atoms with Crippen LogP contribution in [0.4, 0.5) is 0 Å². The fourth-order valence-corrected chi connectivity index (χ4v) is 6.26. The van der Waals surface area contributed by atoms with Crippen LogP contribution in [-0.4, -0.2) is 38.5 Å². The predicted molar refractivity (Wildman–Crippen MR) is 127 cm³/mol. The second-order valence-electron chi connectivity index (χ2n) is 8.20. The summed E-state index contributed by atoms with van der Waals surface area (Å²) >= 11 is 1.89. The molecular formula is C25H28N4OS. The number of aliphatic imine (C=N–C) groups is 1. The van der Waals surface area contributed by atoms with Gasteiger partial charge >= 0.3 is 0 Å². The summed E-state index contributed by atoms with van der Waals surface area (Å²) in [6, 6.07) is 17.4. The smallest absolute Gasteiger partial charge is 0.160 e. The van der Waals surface area contributed by atoms with E-state index >= 15 is 0 Å². The SMILES string of the molecule is CC[C@@H]1CSC2=N[C@@H](c3ccccn3)[C@@H](c3cc(C)n(-c4cccc(OC)c4)c3C)N21. The van der Waals surface area contributed by atoms with Crippen molar-refractivity contribution in [1.82, 2.24) is 14.5 Å². The Morgan fingerprint density at radius 2 is 2.00 bits per heavy atom. The van der Waals surface area contributed by atoms with Crippen LogP contribution in [-0.2, 0) is 0 Å². The zero-order valence-corrected chi connectivity index (χ0v) is 19.3. The summed E-state index contributed by atoms with van der Waals surface area (Å²) in [4.78, 5) is 12.4. The molecule has 1 aromatic carbocycles. The zero-order valence-electron chi connectivity index (χ0n) is 18.4. The van der Waals surface area contributed by atoms with Gasteiger partial charge in [0.15, 0.2) is 5.17 Å². The largest absolute Gasteiger partial charge is 0.497 e. The number of methoxy groups -OCH3 is 1. The minimum Gasteiger partial charge on any atom is -0.497 e. The van der Waals surface area contributed by atoms with Crippen LogP contribution in [0.1, 0.15) is 48.1 Å². The van der Waals surface area contributed by atoms with Crippen LogP contribution in [0.5, 0.6) is 5.75 Å².